The lowest BCUT2D eigenvalue weighted by atomic mass is 10.1. The summed E-state index contributed by atoms with van der Waals surface area (Å²) in [6.07, 6.45) is 2.10. The number of rotatable bonds is 6. The first-order valence-corrected chi connectivity index (χ1v) is 8.10. The Morgan fingerprint density at radius 2 is 1.90 bits per heavy atom. The summed E-state index contributed by atoms with van der Waals surface area (Å²) in [4.78, 5) is 0. The van der Waals surface area contributed by atoms with E-state index in [1.165, 1.54) is 5.56 Å². The molecule has 0 radical (unpaired) electrons. The maximum absolute atomic E-state index is 6.00. The first-order valence-electron chi connectivity index (χ1n) is 6.93. The van der Waals surface area contributed by atoms with E-state index < -0.39 is 0 Å². The second-order valence-corrected chi connectivity index (χ2v) is 6.32. The zero-order chi connectivity index (χ0) is 15.2. The van der Waals surface area contributed by atoms with Crippen LogP contribution in [0.3, 0.4) is 0 Å². The third-order valence-corrected chi connectivity index (χ3v) is 4.57. The monoisotopic (exact) mass is 367 g/mol. The van der Waals surface area contributed by atoms with E-state index >= 15 is 0 Å². The van der Waals surface area contributed by atoms with Gasteiger partial charge in [0.1, 0.15) is 5.75 Å². The smallest absolute Gasteiger partial charge is 0.118 e. The molecule has 1 atom stereocenters. The highest BCUT2D eigenvalue weighted by Crippen LogP contribution is 2.26. The summed E-state index contributed by atoms with van der Waals surface area (Å²) in [6.45, 7) is 2.19. The molecule has 0 spiro atoms. The van der Waals surface area contributed by atoms with Crippen LogP contribution in [0.2, 0.25) is 5.02 Å². The van der Waals surface area contributed by atoms with Crippen molar-refractivity contribution in [3.8, 4) is 5.75 Å². The fraction of sp³-hybridized carbons (Fsp3) is 0.294. The fourth-order valence-electron chi connectivity index (χ4n) is 2.12. The van der Waals surface area contributed by atoms with Gasteiger partial charge in [0.2, 0.25) is 0 Å². The third kappa shape index (κ3) is 4.94. The van der Waals surface area contributed by atoms with Crippen molar-refractivity contribution in [3.63, 3.8) is 0 Å². The Balaban J connectivity index is 1.86. The zero-order valence-corrected chi connectivity index (χ0v) is 14.5. The first-order chi connectivity index (χ1) is 10.1. The van der Waals surface area contributed by atoms with E-state index in [1.54, 1.807) is 7.11 Å². The molecule has 1 N–H and O–H groups in total. The van der Waals surface area contributed by atoms with Gasteiger partial charge < -0.3 is 10.1 Å². The Kier molecular flexibility index (Phi) is 5.95. The molecule has 4 heteroatoms. The maximum atomic E-state index is 6.00. The SMILES string of the molecule is COc1ccc(CCC(C)Nc2ccc(Cl)c(Br)c2)cc1. The van der Waals surface area contributed by atoms with Gasteiger partial charge in [0.25, 0.3) is 0 Å². The van der Waals surface area contributed by atoms with E-state index in [-0.39, 0.29) is 0 Å². The van der Waals surface area contributed by atoms with Crippen LogP contribution in [-0.2, 0) is 6.42 Å². The Labute approximate surface area is 139 Å². The van der Waals surface area contributed by atoms with Crippen LogP contribution in [0.15, 0.2) is 46.9 Å². The average molecular weight is 369 g/mol. The molecule has 1 unspecified atom stereocenters. The van der Waals surface area contributed by atoms with E-state index in [0.29, 0.717) is 6.04 Å². The summed E-state index contributed by atoms with van der Waals surface area (Å²) in [7, 11) is 1.69. The van der Waals surface area contributed by atoms with Crippen molar-refractivity contribution in [2.75, 3.05) is 12.4 Å². The molecule has 2 aromatic carbocycles. The number of benzene rings is 2. The van der Waals surface area contributed by atoms with Gasteiger partial charge in [0.05, 0.1) is 12.1 Å². The summed E-state index contributed by atoms with van der Waals surface area (Å²) < 4.78 is 6.08. The van der Waals surface area contributed by atoms with Crippen LogP contribution in [0.5, 0.6) is 5.75 Å². The predicted octanol–water partition coefficient (Wildman–Crippen LogP) is 5.54. The molecule has 0 aliphatic rings. The molecule has 0 aromatic heterocycles. The van der Waals surface area contributed by atoms with Crippen molar-refractivity contribution >= 4 is 33.2 Å². The number of hydrogen-bond acceptors (Lipinski definition) is 2. The van der Waals surface area contributed by atoms with E-state index in [1.807, 2.05) is 30.3 Å². The summed E-state index contributed by atoms with van der Waals surface area (Å²) in [5.41, 5.74) is 2.40. The minimum atomic E-state index is 0.389. The van der Waals surface area contributed by atoms with E-state index in [4.69, 9.17) is 16.3 Å². The fourth-order valence-corrected chi connectivity index (χ4v) is 2.61. The maximum Gasteiger partial charge on any atom is 0.118 e. The minimum absolute atomic E-state index is 0.389. The molecular weight excluding hydrogens is 350 g/mol. The van der Waals surface area contributed by atoms with Gasteiger partial charge in [-0.05, 0) is 71.6 Å². The van der Waals surface area contributed by atoms with Crippen LogP contribution in [0, 0.1) is 0 Å². The van der Waals surface area contributed by atoms with Gasteiger partial charge >= 0.3 is 0 Å². The van der Waals surface area contributed by atoms with Crippen molar-refractivity contribution < 1.29 is 4.74 Å². The molecule has 0 fully saturated rings. The van der Waals surface area contributed by atoms with Crippen molar-refractivity contribution in [2.45, 2.75) is 25.8 Å². The number of halogens is 2. The molecule has 0 aliphatic heterocycles. The summed E-state index contributed by atoms with van der Waals surface area (Å²) in [5, 5.41) is 4.22. The molecular formula is C17H19BrClNO. The van der Waals surface area contributed by atoms with Gasteiger partial charge in [-0.25, -0.2) is 0 Å². The number of hydrogen-bond donors (Lipinski definition) is 1. The van der Waals surface area contributed by atoms with Gasteiger partial charge in [-0.3, -0.25) is 0 Å². The highest BCUT2D eigenvalue weighted by molar-refractivity contribution is 9.10. The predicted molar refractivity (Wildman–Crippen MR) is 93.6 cm³/mol. The van der Waals surface area contributed by atoms with Gasteiger partial charge in [-0.1, -0.05) is 23.7 Å². The molecule has 0 saturated heterocycles. The molecule has 0 saturated carbocycles. The number of methoxy groups -OCH3 is 1. The van der Waals surface area contributed by atoms with Crippen LogP contribution in [0.4, 0.5) is 5.69 Å². The van der Waals surface area contributed by atoms with E-state index in [0.717, 1.165) is 33.8 Å². The Morgan fingerprint density at radius 1 is 1.19 bits per heavy atom. The number of anilines is 1. The molecule has 21 heavy (non-hydrogen) atoms. The normalized spacial score (nSPS) is 12.0. The van der Waals surface area contributed by atoms with Crippen molar-refractivity contribution in [1.82, 2.24) is 0 Å². The van der Waals surface area contributed by atoms with Gasteiger partial charge in [0.15, 0.2) is 0 Å². The number of ether oxygens (including phenoxy) is 1. The van der Waals surface area contributed by atoms with Crippen LogP contribution in [0.25, 0.3) is 0 Å². The van der Waals surface area contributed by atoms with Crippen molar-refractivity contribution in [1.29, 1.82) is 0 Å². The number of aryl methyl sites for hydroxylation is 1. The lowest BCUT2D eigenvalue weighted by molar-refractivity contribution is 0.414. The molecule has 112 valence electrons. The summed E-state index contributed by atoms with van der Waals surface area (Å²) in [5.74, 6) is 0.899. The van der Waals surface area contributed by atoms with Gasteiger partial charge in [-0.15, -0.1) is 0 Å². The van der Waals surface area contributed by atoms with Crippen molar-refractivity contribution in [2.24, 2.45) is 0 Å². The highest BCUT2D eigenvalue weighted by Gasteiger charge is 2.05. The van der Waals surface area contributed by atoms with E-state index in [9.17, 15) is 0 Å². The average Bonchev–Trinajstić information content (AvgIpc) is 2.49. The largest absolute Gasteiger partial charge is 0.497 e. The topological polar surface area (TPSA) is 21.3 Å². The molecule has 0 bridgehead atoms. The molecule has 0 heterocycles. The molecule has 2 aromatic rings. The lowest BCUT2D eigenvalue weighted by Crippen LogP contribution is -2.15. The summed E-state index contributed by atoms with van der Waals surface area (Å²) >= 11 is 9.44. The second-order valence-electron chi connectivity index (χ2n) is 5.06. The van der Waals surface area contributed by atoms with Crippen LogP contribution < -0.4 is 10.1 Å². The molecule has 0 aliphatic carbocycles. The van der Waals surface area contributed by atoms with Gasteiger partial charge in [-0.2, -0.15) is 0 Å². The first kappa shape index (κ1) is 16.2. The standard InChI is InChI=1S/C17H19BrClNO/c1-12(20-14-7-10-17(19)16(18)11-14)3-4-13-5-8-15(21-2)9-6-13/h5-12,20H,3-4H2,1-2H3. The van der Waals surface area contributed by atoms with Crippen LogP contribution in [-0.4, -0.2) is 13.2 Å². The molecule has 0 amide bonds. The minimum Gasteiger partial charge on any atom is -0.497 e. The lowest BCUT2D eigenvalue weighted by Gasteiger charge is -2.16. The molecule has 2 rings (SSSR count). The quantitative estimate of drug-likeness (QED) is 0.722. The van der Waals surface area contributed by atoms with Crippen LogP contribution in [0.1, 0.15) is 18.9 Å². The molecule has 2 nitrogen and oxygen atoms in total. The van der Waals surface area contributed by atoms with Gasteiger partial charge in [0, 0.05) is 16.2 Å². The zero-order valence-electron chi connectivity index (χ0n) is 12.2. The third-order valence-electron chi connectivity index (χ3n) is 3.36. The van der Waals surface area contributed by atoms with Crippen molar-refractivity contribution in [3.05, 3.63) is 57.5 Å². The summed E-state index contributed by atoms with van der Waals surface area (Å²) in [6, 6.07) is 14.5. The highest BCUT2D eigenvalue weighted by atomic mass is 79.9. The Bertz CT molecular complexity index is 586. The second kappa shape index (κ2) is 7.71. The Hall–Kier alpha value is -1.19. The number of nitrogens with one attached hydrogen (secondary N) is 1. The van der Waals surface area contributed by atoms with Crippen LogP contribution >= 0.6 is 27.5 Å². The Morgan fingerprint density at radius 3 is 2.52 bits per heavy atom. The van der Waals surface area contributed by atoms with E-state index in [2.05, 4.69) is 40.3 Å².